The Morgan fingerprint density at radius 3 is 2.62 bits per heavy atom. The molecule has 2 saturated carbocycles. The van der Waals surface area contributed by atoms with Gasteiger partial charge in [0.15, 0.2) is 0 Å². The third kappa shape index (κ3) is 8.79. The van der Waals surface area contributed by atoms with Gasteiger partial charge in [0.2, 0.25) is 27.7 Å². The van der Waals surface area contributed by atoms with E-state index in [0.29, 0.717) is 60.4 Å². The highest BCUT2D eigenvalue weighted by atomic mass is 32.2. The Bertz CT molecular complexity index is 2290. The fraction of sp³-hybridized carbons (Fsp3) is 0.571. The van der Waals surface area contributed by atoms with Crippen molar-refractivity contribution in [2.24, 2.45) is 5.92 Å². The lowest BCUT2D eigenvalue weighted by Crippen LogP contribution is -2.58. The highest BCUT2D eigenvalue weighted by molar-refractivity contribution is 7.91. The number of nitrogens with zero attached hydrogens (tertiary/aromatic N) is 4. The molecule has 60 heavy (non-hydrogen) atoms. The molecule has 0 radical (unpaired) electrons. The Hall–Kier alpha value is -5.26. The summed E-state index contributed by atoms with van der Waals surface area (Å²) in [4.78, 5) is 63.0. The zero-order valence-corrected chi connectivity index (χ0v) is 35.5. The molecule has 4 amide bonds. The van der Waals surface area contributed by atoms with Crippen LogP contribution in [0, 0.1) is 12.8 Å². The maximum absolute atomic E-state index is 14.8. The van der Waals surface area contributed by atoms with Gasteiger partial charge in [-0.15, -0.1) is 0 Å². The minimum absolute atomic E-state index is 0.000223. The molecule has 2 aromatic heterocycles. The van der Waals surface area contributed by atoms with E-state index in [4.69, 9.17) is 19.2 Å². The molecule has 3 aromatic rings. The fourth-order valence-corrected chi connectivity index (χ4v) is 9.34. The van der Waals surface area contributed by atoms with E-state index < -0.39 is 74.7 Å². The number of hydrogen-bond acceptors (Lipinski definition) is 11. The number of aromatic nitrogens is 3. The van der Waals surface area contributed by atoms with E-state index in [0.717, 1.165) is 12.0 Å². The zero-order valence-electron chi connectivity index (χ0n) is 34.7. The number of sulfonamides is 1. The summed E-state index contributed by atoms with van der Waals surface area (Å²) >= 11 is 0. The summed E-state index contributed by atoms with van der Waals surface area (Å²) in [5.41, 5.74) is -0.220. The van der Waals surface area contributed by atoms with Gasteiger partial charge in [0.25, 0.3) is 11.8 Å². The predicted octanol–water partition coefficient (Wildman–Crippen LogP) is 4.05. The first-order valence-corrected chi connectivity index (χ1v) is 22.1. The first kappa shape index (κ1) is 42.8. The van der Waals surface area contributed by atoms with Gasteiger partial charge in [-0.1, -0.05) is 25.0 Å². The second-order valence-corrected chi connectivity index (χ2v) is 19.0. The summed E-state index contributed by atoms with van der Waals surface area (Å²) in [6.45, 7) is 6.42. The van der Waals surface area contributed by atoms with Gasteiger partial charge >= 0.3 is 0 Å². The molecule has 18 heteroatoms. The quantitative estimate of drug-likeness (QED) is 0.222. The number of rotatable bonds is 12. The van der Waals surface area contributed by atoms with E-state index in [2.05, 4.69) is 20.5 Å². The second-order valence-electron chi connectivity index (χ2n) is 16.8. The van der Waals surface area contributed by atoms with Crippen LogP contribution in [-0.2, 0) is 31.0 Å². The van der Waals surface area contributed by atoms with Gasteiger partial charge in [-0.3, -0.25) is 28.6 Å². The number of nitrogens with one attached hydrogen (secondary N) is 3. The number of carbonyl (C=O) groups excluding carboxylic acids is 4. The highest BCUT2D eigenvalue weighted by Gasteiger charge is 2.63. The molecule has 0 bridgehead atoms. The fourth-order valence-electron chi connectivity index (χ4n) is 8.03. The van der Waals surface area contributed by atoms with E-state index in [1.54, 1.807) is 26.2 Å². The lowest BCUT2D eigenvalue weighted by atomic mass is 10.0. The van der Waals surface area contributed by atoms with Crippen molar-refractivity contribution in [3.05, 3.63) is 53.9 Å². The molecule has 3 fully saturated rings. The van der Waals surface area contributed by atoms with Crippen LogP contribution in [0.5, 0.6) is 17.4 Å². The number of benzene rings is 1. The average Bonchev–Trinajstić information content (AvgIpc) is 3.99. The van der Waals surface area contributed by atoms with Crippen LogP contribution in [0.2, 0.25) is 0 Å². The van der Waals surface area contributed by atoms with Gasteiger partial charge in [0, 0.05) is 35.6 Å². The Morgan fingerprint density at radius 2 is 1.90 bits per heavy atom. The largest absolute Gasteiger partial charge is 0.496 e. The molecule has 4 aliphatic rings. The van der Waals surface area contributed by atoms with Crippen molar-refractivity contribution in [1.82, 2.24) is 35.0 Å². The van der Waals surface area contributed by atoms with Crippen LogP contribution in [0.25, 0.3) is 10.9 Å². The van der Waals surface area contributed by atoms with Crippen LogP contribution in [0.15, 0.2) is 42.6 Å². The SMILES string of the molecule is COc1ccc2c(O[C@@H]3C[C@H]4C(=O)N[C@]5(C(=O)NS(=O)(=O)C6(C)CC6)C[C@H]5C=CCCCCC[C@H](NC(=O)c5ccn(CCF)n5)C(=O)N4C3)cc(OC(C)C)nc2c1C. The minimum atomic E-state index is -4.03. The van der Waals surface area contributed by atoms with Gasteiger partial charge < -0.3 is 29.7 Å². The van der Waals surface area contributed by atoms with Crippen molar-refractivity contribution in [3.63, 3.8) is 0 Å². The first-order chi connectivity index (χ1) is 28.6. The molecule has 3 N–H and O–H groups in total. The molecule has 324 valence electrons. The summed E-state index contributed by atoms with van der Waals surface area (Å²) in [5.74, 6) is -1.81. The number of pyridine rings is 1. The van der Waals surface area contributed by atoms with Crippen molar-refractivity contribution >= 4 is 44.6 Å². The number of hydrogen-bond donors (Lipinski definition) is 3. The topological polar surface area (TPSA) is 200 Å². The molecule has 1 aromatic carbocycles. The van der Waals surface area contributed by atoms with Gasteiger partial charge in [0.05, 0.1) is 36.6 Å². The minimum Gasteiger partial charge on any atom is -0.496 e. The molecule has 0 unspecified atom stereocenters. The Morgan fingerprint density at radius 1 is 1.12 bits per heavy atom. The Kier molecular flexibility index (Phi) is 12.1. The van der Waals surface area contributed by atoms with E-state index in [1.807, 2.05) is 39.0 Å². The number of carbonyl (C=O) groups is 4. The summed E-state index contributed by atoms with van der Waals surface area (Å²) < 4.78 is 60.2. The van der Waals surface area contributed by atoms with Gasteiger partial charge in [0.1, 0.15) is 47.6 Å². The molecular formula is C42H54FN7O9S. The maximum Gasteiger partial charge on any atom is 0.272 e. The molecule has 7 rings (SSSR count). The number of halogens is 1. The number of aryl methyl sites for hydroxylation is 2. The van der Waals surface area contributed by atoms with Crippen LogP contribution < -0.4 is 29.6 Å². The summed E-state index contributed by atoms with van der Waals surface area (Å²) in [6.07, 6.45) is 8.25. The zero-order chi connectivity index (χ0) is 43.0. The summed E-state index contributed by atoms with van der Waals surface area (Å²) in [5, 5.41) is 10.5. The molecule has 2 aliphatic heterocycles. The molecule has 0 spiro atoms. The lowest BCUT2D eigenvalue weighted by Gasteiger charge is -2.30. The normalized spacial score (nSPS) is 25.4. The van der Waals surface area contributed by atoms with Crippen molar-refractivity contribution < 1.29 is 46.2 Å². The average molecular weight is 852 g/mol. The number of alkyl halides is 1. The highest BCUT2D eigenvalue weighted by Crippen LogP contribution is 2.47. The van der Waals surface area contributed by atoms with E-state index in [9.17, 15) is 32.0 Å². The first-order valence-electron chi connectivity index (χ1n) is 20.7. The third-order valence-electron chi connectivity index (χ3n) is 12.0. The molecular weight excluding hydrogens is 798 g/mol. The monoisotopic (exact) mass is 851 g/mol. The standard InChI is InChI=1S/C42H54FN7O9S/c1-25(2)58-35-22-34(29-13-14-33(57-5)26(3)36(29)45-35)59-28-21-32-38(52)46-42(40(54)48-60(55,56)41(4)16-17-41)23-27(42)11-9-7-6-8-10-12-31(39(53)50(32)24-28)44-37(51)30-15-19-49(47-30)20-18-43/h9,11,13-15,19,22,25,27-28,31-32H,6-8,10,12,16-18,20-21,23-24H2,1-5H3,(H,44,51)(H,46,52)(H,48,54)/t27-,28-,31+,32+,42-/m1/s1. The summed E-state index contributed by atoms with van der Waals surface area (Å²) in [7, 11) is -2.46. The van der Waals surface area contributed by atoms with Gasteiger partial charge in [-0.2, -0.15) is 5.10 Å². The molecule has 16 nitrogen and oxygen atoms in total. The number of fused-ring (bicyclic) bond motifs is 3. The Balaban J connectivity index is 1.23. The number of allylic oxidation sites excluding steroid dienone is 1. The molecule has 5 atom stereocenters. The summed E-state index contributed by atoms with van der Waals surface area (Å²) in [6, 6.07) is 4.47. The van der Waals surface area contributed by atoms with E-state index in [1.165, 1.54) is 21.8 Å². The van der Waals surface area contributed by atoms with Crippen LogP contribution in [0.3, 0.4) is 0 Å². The van der Waals surface area contributed by atoms with Crippen LogP contribution in [0.1, 0.15) is 94.6 Å². The number of amides is 4. The van der Waals surface area contributed by atoms with E-state index >= 15 is 0 Å². The molecule has 1 saturated heterocycles. The predicted molar refractivity (Wildman–Crippen MR) is 219 cm³/mol. The Labute approximate surface area is 349 Å². The van der Waals surface area contributed by atoms with Crippen molar-refractivity contribution in [2.45, 2.75) is 127 Å². The third-order valence-corrected chi connectivity index (χ3v) is 14.1. The maximum atomic E-state index is 14.8. The smallest absolute Gasteiger partial charge is 0.272 e. The van der Waals surface area contributed by atoms with Crippen molar-refractivity contribution in [3.8, 4) is 17.4 Å². The number of ether oxygens (including phenoxy) is 3. The lowest BCUT2D eigenvalue weighted by molar-refractivity contribution is -0.141. The van der Waals surface area contributed by atoms with Gasteiger partial charge in [-0.25, -0.2) is 17.8 Å². The molecule has 2 aliphatic carbocycles. The van der Waals surface area contributed by atoms with E-state index in [-0.39, 0.29) is 44.1 Å². The van der Waals surface area contributed by atoms with Crippen LogP contribution in [-0.4, -0.2) is 107 Å². The van der Waals surface area contributed by atoms with Crippen LogP contribution in [0.4, 0.5) is 4.39 Å². The van der Waals surface area contributed by atoms with Crippen molar-refractivity contribution in [1.29, 1.82) is 0 Å². The second kappa shape index (κ2) is 17.0. The van der Waals surface area contributed by atoms with Crippen molar-refractivity contribution in [2.75, 3.05) is 20.3 Å². The molecule has 4 heterocycles. The number of methoxy groups -OCH3 is 1. The van der Waals surface area contributed by atoms with Crippen LogP contribution >= 0.6 is 0 Å². The van der Waals surface area contributed by atoms with Gasteiger partial charge in [-0.05, 0) is 84.4 Å².